The van der Waals surface area contributed by atoms with Crippen molar-refractivity contribution in [1.82, 2.24) is 0 Å². The van der Waals surface area contributed by atoms with E-state index >= 15 is 0 Å². The van der Waals surface area contributed by atoms with Gasteiger partial charge in [0.25, 0.3) is 0 Å². The van der Waals surface area contributed by atoms with E-state index in [1.54, 1.807) is 48.5 Å². The van der Waals surface area contributed by atoms with Crippen LogP contribution in [-0.4, -0.2) is 10.2 Å². The maximum atomic E-state index is 12.4. The molecule has 2 aromatic carbocycles. The molecule has 0 saturated carbocycles. The highest BCUT2D eigenvalue weighted by molar-refractivity contribution is 7.99. The van der Waals surface area contributed by atoms with Crippen molar-refractivity contribution in [2.75, 3.05) is 0 Å². The Morgan fingerprint density at radius 1 is 0.621 bits per heavy atom. The van der Waals surface area contributed by atoms with Gasteiger partial charge in [0.1, 0.15) is 32.8 Å². The second-order valence-electron chi connectivity index (χ2n) is 6.06. The number of hydrogen-bond donors (Lipinski definition) is 2. The number of benzene rings is 2. The molecule has 0 aliphatic heterocycles. The highest BCUT2D eigenvalue weighted by Gasteiger charge is 2.20. The van der Waals surface area contributed by atoms with Gasteiger partial charge in [0, 0.05) is 23.3 Å². The van der Waals surface area contributed by atoms with Gasteiger partial charge in [-0.25, -0.2) is 9.59 Å². The minimum Gasteiger partial charge on any atom is -0.506 e. The Hall–Kier alpha value is -3.71. The number of hydrogen-bond acceptors (Lipinski definition) is 7. The van der Waals surface area contributed by atoms with Gasteiger partial charge in [-0.15, -0.1) is 0 Å². The van der Waals surface area contributed by atoms with Gasteiger partial charge in [-0.1, -0.05) is 72.4 Å². The van der Waals surface area contributed by atoms with Crippen molar-refractivity contribution in [2.24, 2.45) is 0 Å². The first kappa shape index (κ1) is 18.6. The first-order valence-corrected chi connectivity index (χ1v) is 9.37. The topological polar surface area (TPSA) is 101 Å². The summed E-state index contributed by atoms with van der Waals surface area (Å²) in [6.07, 6.45) is 0. The Morgan fingerprint density at radius 2 is 1.00 bits per heavy atom. The molecule has 0 spiro atoms. The van der Waals surface area contributed by atoms with E-state index < -0.39 is 11.3 Å². The van der Waals surface area contributed by atoms with E-state index in [0.29, 0.717) is 22.9 Å². The monoisotopic (exact) mass is 406 g/mol. The predicted molar refractivity (Wildman–Crippen MR) is 108 cm³/mol. The van der Waals surface area contributed by atoms with Gasteiger partial charge in [-0.2, -0.15) is 0 Å². The van der Waals surface area contributed by atoms with Gasteiger partial charge in [0.15, 0.2) is 0 Å². The molecule has 6 nitrogen and oxygen atoms in total. The van der Waals surface area contributed by atoms with Crippen LogP contribution in [0, 0.1) is 0 Å². The first-order chi connectivity index (χ1) is 14.0. The minimum atomic E-state index is -0.834. The molecule has 0 atom stereocenters. The summed E-state index contributed by atoms with van der Waals surface area (Å²) in [4.78, 5) is 24.3. The van der Waals surface area contributed by atoms with Crippen LogP contribution in [-0.2, 0) is 0 Å². The fourth-order valence-electron chi connectivity index (χ4n) is 2.72. The van der Waals surface area contributed by atoms with Crippen molar-refractivity contribution in [3.8, 4) is 34.1 Å². The van der Waals surface area contributed by atoms with Crippen molar-refractivity contribution in [3.63, 3.8) is 0 Å². The molecule has 7 heteroatoms. The molecule has 29 heavy (non-hydrogen) atoms. The molecule has 2 heterocycles. The molecule has 2 N–H and O–H groups in total. The van der Waals surface area contributed by atoms with Crippen molar-refractivity contribution >= 4 is 11.8 Å². The third-order valence-electron chi connectivity index (χ3n) is 4.10. The second-order valence-corrected chi connectivity index (χ2v) is 7.08. The molecule has 2 aromatic heterocycles. The van der Waals surface area contributed by atoms with Crippen molar-refractivity contribution in [2.45, 2.75) is 9.79 Å². The van der Waals surface area contributed by atoms with E-state index in [9.17, 15) is 19.8 Å². The quantitative estimate of drug-likeness (QED) is 0.515. The van der Waals surface area contributed by atoms with Gasteiger partial charge in [0.05, 0.1) is 0 Å². The van der Waals surface area contributed by atoms with Gasteiger partial charge in [0.2, 0.25) is 0 Å². The molecule has 144 valence electrons. The standard InChI is InChI=1S/C22H14O6S/c23-15-11-17(13-7-3-1-4-8-13)27-21(25)19(15)29-20-16(24)12-18(28-22(20)26)14-9-5-2-6-10-14/h1-12,23-24H. The summed E-state index contributed by atoms with van der Waals surface area (Å²) in [6.45, 7) is 0. The predicted octanol–water partition coefficient (Wildman–Crippen LogP) is 4.49. The smallest absolute Gasteiger partial charge is 0.354 e. The molecule has 0 bridgehead atoms. The minimum absolute atomic E-state index is 0.188. The van der Waals surface area contributed by atoms with Crippen LogP contribution in [0.15, 0.2) is 101 Å². The first-order valence-electron chi connectivity index (χ1n) is 8.56. The highest BCUT2D eigenvalue weighted by atomic mass is 32.2. The van der Waals surface area contributed by atoms with E-state index in [0.717, 1.165) is 0 Å². The molecule has 0 amide bonds. The Bertz CT molecular complexity index is 1180. The lowest BCUT2D eigenvalue weighted by Crippen LogP contribution is -2.07. The average molecular weight is 406 g/mol. The molecule has 0 radical (unpaired) electrons. The summed E-state index contributed by atoms with van der Waals surface area (Å²) < 4.78 is 10.5. The summed E-state index contributed by atoms with van der Waals surface area (Å²) in [5, 5.41) is 20.6. The van der Waals surface area contributed by atoms with E-state index in [1.165, 1.54) is 12.1 Å². The zero-order valence-corrected chi connectivity index (χ0v) is 15.7. The van der Waals surface area contributed by atoms with Crippen molar-refractivity contribution in [1.29, 1.82) is 0 Å². The lowest BCUT2D eigenvalue weighted by Gasteiger charge is -2.07. The van der Waals surface area contributed by atoms with Crippen LogP contribution in [0.1, 0.15) is 0 Å². The van der Waals surface area contributed by atoms with Crippen molar-refractivity contribution in [3.05, 3.63) is 93.6 Å². The second kappa shape index (κ2) is 7.73. The van der Waals surface area contributed by atoms with Gasteiger partial charge < -0.3 is 19.0 Å². The largest absolute Gasteiger partial charge is 0.506 e. The summed E-state index contributed by atoms with van der Waals surface area (Å²) >= 11 is 0.589. The van der Waals surface area contributed by atoms with Crippen molar-refractivity contribution < 1.29 is 19.0 Å². The lowest BCUT2D eigenvalue weighted by molar-refractivity contribution is 0.426. The van der Waals surface area contributed by atoms with Crippen LogP contribution in [0.25, 0.3) is 22.6 Å². The number of aromatic hydroxyl groups is 2. The summed E-state index contributed by atoms with van der Waals surface area (Å²) in [6, 6.07) is 20.2. The normalized spacial score (nSPS) is 10.8. The zero-order valence-electron chi connectivity index (χ0n) is 14.9. The molecule has 4 aromatic rings. The maximum Gasteiger partial charge on any atom is 0.354 e. The Morgan fingerprint density at radius 3 is 1.34 bits per heavy atom. The average Bonchev–Trinajstić information content (AvgIpc) is 2.73. The van der Waals surface area contributed by atoms with Crippen LogP contribution < -0.4 is 11.3 Å². The fraction of sp³-hybridized carbons (Fsp3) is 0. The molecular weight excluding hydrogens is 392 g/mol. The van der Waals surface area contributed by atoms with Crippen LogP contribution >= 0.6 is 11.8 Å². The Balaban J connectivity index is 1.71. The van der Waals surface area contributed by atoms with E-state index in [1.807, 2.05) is 12.1 Å². The Labute approximate surface area is 168 Å². The molecular formula is C22H14O6S. The third-order valence-corrected chi connectivity index (χ3v) is 5.26. The van der Waals surface area contributed by atoms with Gasteiger partial charge >= 0.3 is 11.3 Å². The molecule has 0 aliphatic carbocycles. The van der Waals surface area contributed by atoms with Crippen LogP contribution in [0.2, 0.25) is 0 Å². The summed E-state index contributed by atoms with van der Waals surface area (Å²) in [5.74, 6) is -0.353. The highest BCUT2D eigenvalue weighted by Crippen LogP contribution is 2.37. The zero-order chi connectivity index (χ0) is 20.4. The van der Waals surface area contributed by atoms with E-state index in [4.69, 9.17) is 8.83 Å². The maximum absolute atomic E-state index is 12.4. The van der Waals surface area contributed by atoms with Crippen LogP contribution in [0.5, 0.6) is 11.5 Å². The molecule has 0 unspecified atom stereocenters. The molecule has 0 saturated heterocycles. The van der Waals surface area contributed by atoms with Gasteiger partial charge in [-0.05, 0) is 0 Å². The summed E-state index contributed by atoms with van der Waals surface area (Å²) in [5.41, 5.74) is -0.434. The lowest BCUT2D eigenvalue weighted by atomic mass is 10.1. The SMILES string of the molecule is O=c1oc(-c2ccccc2)cc(O)c1Sc1c(O)cc(-c2ccccc2)oc1=O. The fourth-order valence-corrected chi connectivity index (χ4v) is 3.50. The summed E-state index contributed by atoms with van der Waals surface area (Å²) in [7, 11) is 0. The van der Waals surface area contributed by atoms with Crippen LogP contribution in [0.3, 0.4) is 0 Å². The third kappa shape index (κ3) is 3.81. The van der Waals surface area contributed by atoms with Crippen LogP contribution in [0.4, 0.5) is 0 Å². The molecule has 0 aliphatic rings. The van der Waals surface area contributed by atoms with E-state index in [-0.39, 0.29) is 32.8 Å². The Kier molecular flexibility index (Phi) is 4.97. The van der Waals surface area contributed by atoms with E-state index in [2.05, 4.69) is 0 Å². The van der Waals surface area contributed by atoms with Gasteiger partial charge in [-0.3, -0.25) is 0 Å². The molecule has 0 fully saturated rings. The molecule has 4 rings (SSSR count). The number of rotatable bonds is 4.